The second-order valence-corrected chi connectivity index (χ2v) is 9.24. The Bertz CT molecular complexity index is 1090. The number of aliphatic hydroxyl groups is 1. The lowest BCUT2D eigenvalue weighted by Crippen LogP contribution is -2.37. The summed E-state index contributed by atoms with van der Waals surface area (Å²) in [6.07, 6.45) is 5.16. The molecule has 0 radical (unpaired) electrons. The SMILES string of the molecule is C=CCCC(O)CN(Cc1c(C)nn(-c2ccccc2)c1Oc1ccc(OC)cc1)CC1CCCO1. The predicted octanol–water partition coefficient (Wildman–Crippen LogP) is 5.29. The van der Waals surface area contributed by atoms with Crippen LogP contribution in [0.25, 0.3) is 5.69 Å². The van der Waals surface area contributed by atoms with Crippen molar-refractivity contribution < 1.29 is 19.3 Å². The number of hydrogen-bond donors (Lipinski definition) is 1. The summed E-state index contributed by atoms with van der Waals surface area (Å²) < 4.78 is 19.6. The molecule has 1 N–H and O–H groups in total. The van der Waals surface area contributed by atoms with Crippen molar-refractivity contribution in [1.82, 2.24) is 14.7 Å². The van der Waals surface area contributed by atoms with E-state index in [1.807, 2.05) is 72.3 Å². The minimum atomic E-state index is -0.445. The number of para-hydroxylation sites is 1. The van der Waals surface area contributed by atoms with Crippen LogP contribution in [0.4, 0.5) is 0 Å². The minimum Gasteiger partial charge on any atom is -0.497 e. The predicted molar refractivity (Wildman–Crippen MR) is 141 cm³/mol. The van der Waals surface area contributed by atoms with Crippen LogP contribution in [0.3, 0.4) is 0 Å². The second kappa shape index (κ2) is 12.7. The molecule has 0 saturated carbocycles. The van der Waals surface area contributed by atoms with Crippen molar-refractivity contribution in [3.63, 3.8) is 0 Å². The van der Waals surface area contributed by atoms with Crippen LogP contribution in [0.2, 0.25) is 0 Å². The van der Waals surface area contributed by atoms with Crippen LogP contribution in [0.1, 0.15) is 36.9 Å². The molecule has 2 heterocycles. The van der Waals surface area contributed by atoms with Gasteiger partial charge in [0.1, 0.15) is 11.5 Å². The smallest absolute Gasteiger partial charge is 0.227 e. The molecule has 7 nitrogen and oxygen atoms in total. The van der Waals surface area contributed by atoms with E-state index < -0.39 is 6.10 Å². The van der Waals surface area contributed by atoms with Gasteiger partial charge in [0.2, 0.25) is 5.88 Å². The summed E-state index contributed by atoms with van der Waals surface area (Å²) in [7, 11) is 1.65. The molecule has 0 spiro atoms. The molecular weight excluding hydrogens is 454 g/mol. The zero-order valence-corrected chi connectivity index (χ0v) is 21.3. The standard InChI is InChI=1S/C29H37N3O4/c1-4-5-12-24(33)19-31(20-27-13-9-18-35-27)21-28-22(2)30-32(23-10-7-6-8-11-23)29(28)36-26-16-14-25(34-3)15-17-26/h4,6-8,10-11,14-17,24,27,33H,1,5,9,12-13,18-21H2,2-3H3. The number of ether oxygens (including phenoxy) is 3. The van der Waals surface area contributed by atoms with Gasteiger partial charge in [-0.3, -0.25) is 4.90 Å². The highest BCUT2D eigenvalue weighted by Crippen LogP contribution is 2.32. The largest absolute Gasteiger partial charge is 0.497 e. The van der Waals surface area contributed by atoms with Crippen molar-refractivity contribution in [2.45, 2.75) is 51.4 Å². The number of hydrogen-bond acceptors (Lipinski definition) is 6. The van der Waals surface area contributed by atoms with Gasteiger partial charge in [-0.2, -0.15) is 5.10 Å². The third kappa shape index (κ3) is 6.75. The van der Waals surface area contributed by atoms with Crippen molar-refractivity contribution >= 4 is 0 Å². The molecule has 2 aromatic carbocycles. The van der Waals surface area contributed by atoms with Gasteiger partial charge in [-0.25, -0.2) is 4.68 Å². The Morgan fingerprint density at radius 1 is 1.19 bits per heavy atom. The van der Waals surface area contributed by atoms with E-state index in [4.69, 9.17) is 19.3 Å². The number of aliphatic hydroxyl groups excluding tert-OH is 1. The first-order valence-corrected chi connectivity index (χ1v) is 12.7. The van der Waals surface area contributed by atoms with E-state index in [9.17, 15) is 5.11 Å². The highest BCUT2D eigenvalue weighted by Gasteiger charge is 2.25. The van der Waals surface area contributed by atoms with Crippen LogP contribution in [0, 0.1) is 6.92 Å². The molecule has 0 aliphatic carbocycles. The third-order valence-corrected chi connectivity index (χ3v) is 6.45. The lowest BCUT2D eigenvalue weighted by molar-refractivity contribution is 0.0442. The molecule has 1 fully saturated rings. The van der Waals surface area contributed by atoms with Crippen LogP contribution in [-0.4, -0.2) is 58.8 Å². The topological polar surface area (TPSA) is 69.0 Å². The van der Waals surface area contributed by atoms with Gasteiger partial charge in [-0.05, 0) is 69.0 Å². The van der Waals surface area contributed by atoms with Crippen molar-refractivity contribution in [1.29, 1.82) is 0 Å². The molecule has 2 atom stereocenters. The first kappa shape index (κ1) is 25.9. The molecule has 1 saturated heterocycles. The Morgan fingerprint density at radius 2 is 1.94 bits per heavy atom. The lowest BCUT2D eigenvalue weighted by Gasteiger charge is -2.27. The molecule has 1 aliphatic rings. The monoisotopic (exact) mass is 491 g/mol. The first-order valence-electron chi connectivity index (χ1n) is 12.7. The zero-order chi connectivity index (χ0) is 25.3. The van der Waals surface area contributed by atoms with Crippen LogP contribution in [0.15, 0.2) is 67.3 Å². The molecule has 3 aromatic rings. The van der Waals surface area contributed by atoms with Crippen LogP contribution < -0.4 is 9.47 Å². The molecule has 36 heavy (non-hydrogen) atoms. The maximum Gasteiger partial charge on any atom is 0.227 e. The number of benzene rings is 2. The number of nitrogens with zero attached hydrogens (tertiary/aromatic N) is 3. The van der Waals surface area contributed by atoms with E-state index in [0.29, 0.717) is 31.1 Å². The fourth-order valence-corrected chi connectivity index (χ4v) is 4.53. The molecule has 192 valence electrons. The Labute approximate surface area is 213 Å². The molecule has 1 aliphatic heterocycles. The van der Waals surface area contributed by atoms with E-state index in [1.54, 1.807) is 7.11 Å². The van der Waals surface area contributed by atoms with Gasteiger partial charge in [0, 0.05) is 26.2 Å². The number of rotatable bonds is 13. The van der Waals surface area contributed by atoms with Crippen molar-refractivity contribution in [3.05, 3.63) is 78.5 Å². The normalized spacial score (nSPS) is 16.3. The van der Waals surface area contributed by atoms with Crippen LogP contribution in [-0.2, 0) is 11.3 Å². The third-order valence-electron chi connectivity index (χ3n) is 6.45. The molecule has 1 aromatic heterocycles. The van der Waals surface area contributed by atoms with Gasteiger partial charge in [0.25, 0.3) is 0 Å². The molecule has 7 heteroatoms. The highest BCUT2D eigenvalue weighted by atomic mass is 16.5. The second-order valence-electron chi connectivity index (χ2n) is 9.24. The van der Waals surface area contributed by atoms with Crippen molar-refractivity contribution in [2.24, 2.45) is 0 Å². The molecular formula is C29H37N3O4. The average molecular weight is 492 g/mol. The van der Waals surface area contributed by atoms with Gasteiger partial charge in [-0.1, -0.05) is 24.3 Å². The van der Waals surface area contributed by atoms with Gasteiger partial charge in [0.15, 0.2) is 0 Å². The molecule has 0 bridgehead atoms. The summed E-state index contributed by atoms with van der Waals surface area (Å²) >= 11 is 0. The summed E-state index contributed by atoms with van der Waals surface area (Å²) in [5.74, 6) is 2.14. The number of methoxy groups -OCH3 is 1. The molecule has 0 amide bonds. The zero-order valence-electron chi connectivity index (χ0n) is 21.3. The molecule has 4 rings (SSSR count). The summed E-state index contributed by atoms with van der Waals surface area (Å²) in [5.41, 5.74) is 2.80. The molecule has 2 unspecified atom stereocenters. The van der Waals surface area contributed by atoms with Crippen molar-refractivity contribution in [3.8, 4) is 23.1 Å². The van der Waals surface area contributed by atoms with Gasteiger partial charge in [0.05, 0.1) is 36.3 Å². The fraction of sp³-hybridized carbons (Fsp3) is 0.414. The summed E-state index contributed by atoms with van der Waals surface area (Å²) in [4.78, 5) is 2.27. The van der Waals surface area contributed by atoms with Crippen LogP contribution >= 0.6 is 0 Å². The Kier molecular flexibility index (Phi) is 9.17. The fourth-order valence-electron chi connectivity index (χ4n) is 4.53. The quantitative estimate of drug-likeness (QED) is 0.328. The summed E-state index contributed by atoms with van der Waals surface area (Å²) in [5, 5.41) is 15.6. The van der Waals surface area contributed by atoms with Gasteiger partial charge >= 0.3 is 0 Å². The van der Waals surface area contributed by atoms with Crippen LogP contribution in [0.5, 0.6) is 17.4 Å². The minimum absolute atomic E-state index is 0.173. The van der Waals surface area contributed by atoms with E-state index in [-0.39, 0.29) is 6.10 Å². The Hall–Kier alpha value is -3.13. The van der Waals surface area contributed by atoms with Crippen molar-refractivity contribution in [2.75, 3.05) is 26.8 Å². The van der Waals surface area contributed by atoms with E-state index in [0.717, 1.165) is 55.1 Å². The lowest BCUT2D eigenvalue weighted by atomic mass is 10.1. The number of allylic oxidation sites excluding steroid dienone is 1. The van der Waals surface area contributed by atoms with E-state index in [1.165, 1.54) is 0 Å². The maximum atomic E-state index is 10.7. The maximum absolute atomic E-state index is 10.7. The number of aryl methyl sites for hydroxylation is 1. The highest BCUT2D eigenvalue weighted by molar-refractivity contribution is 5.44. The van der Waals surface area contributed by atoms with E-state index >= 15 is 0 Å². The Morgan fingerprint density at radius 3 is 2.61 bits per heavy atom. The van der Waals surface area contributed by atoms with Gasteiger partial charge < -0.3 is 19.3 Å². The summed E-state index contributed by atoms with van der Waals surface area (Å²) in [6, 6.07) is 17.5. The average Bonchev–Trinajstić information content (AvgIpc) is 3.52. The van der Waals surface area contributed by atoms with Gasteiger partial charge in [-0.15, -0.1) is 6.58 Å². The van der Waals surface area contributed by atoms with E-state index in [2.05, 4.69) is 11.5 Å². The summed E-state index contributed by atoms with van der Waals surface area (Å²) in [6.45, 7) is 8.49. The Balaban J connectivity index is 1.65. The first-order chi connectivity index (χ1) is 17.6. The number of aromatic nitrogens is 2.